The van der Waals surface area contributed by atoms with Crippen molar-refractivity contribution in [1.82, 2.24) is 9.97 Å². The van der Waals surface area contributed by atoms with Crippen LogP contribution in [0.15, 0.2) is 48.9 Å². The molecule has 2 aromatic rings. The third kappa shape index (κ3) is 11.8. The van der Waals surface area contributed by atoms with Crippen molar-refractivity contribution in [2.24, 2.45) is 0 Å². The molecule has 0 aliphatic rings. The smallest absolute Gasteiger partial charge is 0.261 e. The molecule has 1 heterocycles. The number of aromatic nitrogens is 2. The van der Waals surface area contributed by atoms with Crippen molar-refractivity contribution in [3.63, 3.8) is 0 Å². The number of benzene rings is 1. The number of rotatable bonds is 2. The minimum Gasteiger partial charge on any atom is -0.261 e. The SMILES string of the molecule is [F][Sb-]([F])([F])([F])([F])[F].[H+].c1ccc(Cc2cnccn2)cc1. The average Bonchev–Trinajstić information content (AvgIpc) is 2.27. The van der Waals surface area contributed by atoms with E-state index >= 15 is 0 Å². The van der Waals surface area contributed by atoms with Crippen LogP contribution in [0, 0.1) is 0 Å². The Morgan fingerprint density at radius 3 is 1.90 bits per heavy atom. The molecule has 0 unspecified atom stereocenters. The van der Waals surface area contributed by atoms with Gasteiger partial charge in [-0.2, -0.15) is 0 Å². The first-order chi connectivity index (χ1) is 8.90. The minimum atomic E-state index is -11.2. The van der Waals surface area contributed by atoms with Gasteiger partial charge in [-0.05, 0) is 5.56 Å². The Morgan fingerprint density at radius 2 is 1.45 bits per heavy atom. The standard InChI is InChI=1S/C11H10N2.6FH.Sb/c1-2-4-10(5-3-1)8-11-9-12-6-7-13-11;;;;;;;/h1-7,9H,8H2;6*1H;/q;;;;;;;+5/p-5. The van der Waals surface area contributed by atoms with Gasteiger partial charge in [0.1, 0.15) is 0 Å². The van der Waals surface area contributed by atoms with Gasteiger partial charge in [0.05, 0.1) is 5.69 Å². The fourth-order valence-corrected chi connectivity index (χ4v) is 1.23. The maximum absolute atomic E-state index is 11.2. The van der Waals surface area contributed by atoms with Crippen molar-refractivity contribution in [3.05, 3.63) is 60.2 Å². The maximum Gasteiger partial charge on any atom is 1.00 e. The number of hydrogen-bond acceptors (Lipinski definition) is 2. The summed E-state index contributed by atoms with van der Waals surface area (Å²) in [7, 11) is 0. The summed E-state index contributed by atoms with van der Waals surface area (Å²) in [5.74, 6) is 0. The molecule has 0 fully saturated rings. The Kier molecular flexibility index (Phi) is 4.39. The molecular weight excluding hydrogens is 396 g/mol. The Morgan fingerprint density at radius 1 is 0.900 bits per heavy atom. The third-order valence-electron chi connectivity index (χ3n) is 1.84. The van der Waals surface area contributed by atoms with Crippen molar-refractivity contribution in [1.29, 1.82) is 0 Å². The van der Waals surface area contributed by atoms with Crippen LogP contribution in [-0.4, -0.2) is 29.4 Å². The van der Waals surface area contributed by atoms with Gasteiger partial charge in [-0.1, -0.05) is 30.3 Å². The normalized spacial score (nSPS) is 14.5. The van der Waals surface area contributed by atoms with Crippen LogP contribution < -0.4 is 0 Å². The predicted molar refractivity (Wildman–Crippen MR) is 64.8 cm³/mol. The molecule has 0 aliphatic heterocycles. The van der Waals surface area contributed by atoms with Crippen LogP contribution in [0.5, 0.6) is 0 Å². The molecule has 0 saturated heterocycles. The molecule has 9 heteroatoms. The molecule has 0 N–H and O–H groups in total. The molecule has 2 nitrogen and oxygen atoms in total. The fourth-order valence-electron chi connectivity index (χ4n) is 1.23. The predicted octanol–water partition coefficient (Wildman–Crippen LogP) is 4.32. The Hall–Kier alpha value is -1.30. The Bertz CT molecular complexity index is 498. The van der Waals surface area contributed by atoms with Crippen LogP contribution in [-0.2, 0) is 6.42 Å². The van der Waals surface area contributed by atoms with Crippen molar-refractivity contribution < 1.29 is 18.3 Å². The molecule has 1 aromatic carbocycles. The van der Waals surface area contributed by atoms with Gasteiger partial charge in [0.25, 0.3) is 0 Å². The van der Waals surface area contributed by atoms with E-state index in [2.05, 4.69) is 22.1 Å². The molecule has 0 amide bonds. The molecule has 2 rings (SSSR count). The van der Waals surface area contributed by atoms with Crippen LogP contribution >= 0.6 is 0 Å². The zero-order valence-electron chi connectivity index (χ0n) is 10.9. The van der Waals surface area contributed by atoms with Gasteiger partial charge in [0, 0.05) is 25.0 Å². The molecule has 0 saturated carbocycles. The summed E-state index contributed by atoms with van der Waals surface area (Å²) in [5.41, 5.74) is 2.27. The second-order valence-corrected chi connectivity index (χ2v) is 9.29. The zero-order chi connectivity index (χ0) is 15.3. The summed E-state index contributed by atoms with van der Waals surface area (Å²) in [5, 5.41) is 0. The topological polar surface area (TPSA) is 25.8 Å². The number of halogens is 6. The molecule has 0 atom stereocenters. The molecule has 0 spiro atoms. The van der Waals surface area contributed by atoms with Gasteiger partial charge >= 0.3 is 37.8 Å². The molecule has 0 bridgehead atoms. The first kappa shape index (κ1) is 16.8. The van der Waals surface area contributed by atoms with Crippen molar-refractivity contribution in [2.75, 3.05) is 0 Å². The average molecular weight is 407 g/mol. The molecule has 0 aliphatic carbocycles. The maximum atomic E-state index is 9.93. The van der Waals surface area contributed by atoms with Crippen LogP contribution in [0.2, 0.25) is 0 Å². The minimum absolute atomic E-state index is 0. The van der Waals surface area contributed by atoms with E-state index in [9.17, 15) is 16.9 Å². The van der Waals surface area contributed by atoms with Gasteiger partial charge in [-0.15, -0.1) is 0 Å². The summed E-state index contributed by atoms with van der Waals surface area (Å²) < 4.78 is 59.6. The van der Waals surface area contributed by atoms with Gasteiger partial charge in [0.2, 0.25) is 0 Å². The zero-order valence-corrected chi connectivity index (χ0v) is 12.5. The van der Waals surface area contributed by atoms with Crippen LogP contribution in [0.25, 0.3) is 0 Å². The van der Waals surface area contributed by atoms with E-state index in [4.69, 9.17) is 0 Å². The van der Waals surface area contributed by atoms with Crippen LogP contribution in [0.4, 0.5) is 16.9 Å². The first-order valence-corrected chi connectivity index (χ1v) is 11.0. The molecule has 0 radical (unpaired) electrons. The fraction of sp³-hybridized carbons (Fsp3) is 0.0909. The van der Waals surface area contributed by atoms with Crippen molar-refractivity contribution in [2.45, 2.75) is 6.42 Å². The Balaban J connectivity index is 0.000000436. The van der Waals surface area contributed by atoms with Crippen molar-refractivity contribution >= 4 is 19.5 Å². The second-order valence-electron chi connectivity index (χ2n) is 3.82. The van der Waals surface area contributed by atoms with E-state index in [1.165, 1.54) is 5.56 Å². The number of hydrogen-bond donors (Lipinski definition) is 0. The van der Waals surface area contributed by atoms with Gasteiger partial charge in [0.15, 0.2) is 0 Å². The van der Waals surface area contributed by atoms with E-state index < -0.39 is 19.5 Å². The van der Waals surface area contributed by atoms with E-state index in [0.29, 0.717) is 0 Å². The summed E-state index contributed by atoms with van der Waals surface area (Å²) in [6, 6.07) is 10.3. The third-order valence-corrected chi connectivity index (χ3v) is 1.84. The first-order valence-electron chi connectivity index (χ1n) is 5.25. The van der Waals surface area contributed by atoms with E-state index in [1.807, 2.05) is 18.2 Å². The van der Waals surface area contributed by atoms with E-state index in [1.54, 1.807) is 18.6 Å². The summed E-state index contributed by atoms with van der Waals surface area (Å²) in [6.45, 7) is 0. The molecule has 20 heavy (non-hydrogen) atoms. The molecule has 1 aromatic heterocycles. The van der Waals surface area contributed by atoms with Crippen LogP contribution in [0.3, 0.4) is 0 Å². The quantitative estimate of drug-likeness (QED) is 0.548. The summed E-state index contributed by atoms with van der Waals surface area (Å²) in [6.07, 6.45) is 6.06. The van der Waals surface area contributed by atoms with Gasteiger partial charge in [-0.3, -0.25) is 9.97 Å². The summed E-state index contributed by atoms with van der Waals surface area (Å²) in [4.78, 5) is 8.23. The van der Waals surface area contributed by atoms with Gasteiger partial charge in [-0.25, -0.2) is 0 Å². The number of nitrogens with zero attached hydrogens (tertiary/aromatic N) is 2. The van der Waals surface area contributed by atoms with Gasteiger partial charge < -0.3 is 0 Å². The van der Waals surface area contributed by atoms with E-state index in [0.717, 1.165) is 12.1 Å². The molecular formula is C11H11F6N2Sb. The monoisotopic (exact) mass is 406 g/mol. The van der Waals surface area contributed by atoms with E-state index in [-0.39, 0.29) is 1.43 Å². The largest absolute Gasteiger partial charge is 1.00 e. The van der Waals surface area contributed by atoms with Crippen LogP contribution in [0.1, 0.15) is 12.7 Å². The van der Waals surface area contributed by atoms with Crippen molar-refractivity contribution in [3.8, 4) is 0 Å². The molecule has 112 valence electrons. The summed E-state index contributed by atoms with van der Waals surface area (Å²) >= 11 is -11.2. The second kappa shape index (κ2) is 5.24. The Labute approximate surface area is 114 Å².